The minimum Gasteiger partial charge on any atom is -0.310 e. The Bertz CT molecular complexity index is 1700. The quantitative estimate of drug-likeness (QED) is 0.136. The number of aromatic nitrogens is 3. The lowest BCUT2D eigenvalue weighted by atomic mass is 10.0. The van der Waals surface area contributed by atoms with Gasteiger partial charge in [0, 0.05) is 60.3 Å². The molecular weight excluding hydrogens is 567 g/mol. The number of nitriles is 1. The highest BCUT2D eigenvalue weighted by Gasteiger charge is 2.26. The van der Waals surface area contributed by atoms with E-state index in [2.05, 4.69) is 11.1 Å². The third kappa shape index (κ3) is 7.82. The Morgan fingerprint density at radius 2 is 1.77 bits per heavy atom. The number of pyridine rings is 2. The van der Waals surface area contributed by atoms with Gasteiger partial charge in [0.1, 0.15) is 12.4 Å². The third-order valence-corrected chi connectivity index (χ3v) is 8.03. The summed E-state index contributed by atoms with van der Waals surface area (Å²) in [6.45, 7) is 4.27. The van der Waals surface area contributed by atoms with Gasteiger partial charge >= 0.3 is 7.82 Å². The van der Waals surface area contributed by atoms with E-state index in [1.165, 1.54) is 4.90 Å². The molecule has 3 heterocycles. The average molecular weight is 603 g/mol. The monoisotopic (exact) mass is 602 g/mol. The van der Waals surface area contributed by atoms with Crippen LogP contribution in [0.1, 0.15) is 19.4 Å². The first-order chi connectivity index (χ1) is 20.7. The second-order valence-electron chi connectivity index (χ2n) is 9.83. The van der Waals surface area contributed by atoms with Gasteiger partial charge in [-0.05, 0) is 57.8 Å². The van der Waals surface area contributed by atoms with Gasteiger partial charge in [-0.3, -0.25) is 23.3 Å². The molecule has 224 valence electrons. The van der Waals surface area contributed by atoms with Crippen molar-refractivity contribution >= 4 is 30.5 Å². The van der Waals surface area contributed by atoms with Crippen molar-refractivity contribution in [1.82, 2.24) is 19.4 Å². The van der Waals surface area contributed by atoms with Gasteiger partial charge in [0.25, 0.3) is 0 Å². The number of benzene rings is 1. The minimum atomic E-state index is -3.77. The second kappa shape index (κ2) is 14.3. The molecule has 0 spiro atoms. The number of phosphoric acid groups is 1. The van der Waals surface area contributed by atoms with Crippen molar-refractivity contribution in [3.63, 3.8) is 0 Å². The molecule has 0 aliphatic carbocycles. The Morgan fingerprint density at radius 3 is 2.47 bits per heavy atom. The Labute approximate surface area is 251 Å². The van der Waals surface area contributed by atoms with E-state index < -0.39 is 7.82 Å². The highest BCUT2D eigenvalue weighted by Crippen LogP contribution is 2.49. The van der Waals surface area contributed by atoms with Crippen LogP contribution < -0.4 is 4.90 Å². The maximum Gasteiger partial charge on any atom is 0.476 e. The first-order valence-electron chi connectivity index (χ1n) is 13.8. The molecule has 0 fully saturated rings. The largest absolute Gasteiger partial charge is 0.476 e. The van der Waals surface area contributed by atoms with Crippen molar-refractivity contribution in [2.45, 2.75) is 20.6 Å². The number of nitrogens with zero attached hydrogens (tertiary/aromatic N) is 6. The number of fused-ring (bicyclic) bond motifs is 1. The van der Waals surface area contributed by atoms with Gasteiger partial charge in [-0.15, -0.1) is 0 Å². The first kappa shape index (κ1) is 31.8. The number of rotatable bonds is 13. The Morgan fingerprint density at radius 1 is 1.02 bits per heavy atom. The van der Waals surface area contributed by atoms with Crippen LogP contribution in [0, 0.1) is 11.3 Å². The summed E-state index contributed by atoms with van der Waals surface area (Å²) < 4.78 is 30.9. The van der Waals surface area contributed by atoms with Gasteiger partial charge in [-0.2, -0.15) is 5.26 Å². The zero-order valence-corrected chi connectivity index (χ0v) is 25.8. The molecule has 1 amide bonds. The highest BCUT2D eigenvalue weighted by molar-refractivity contribution is 7.48. The molecule has 0 aliphatic heterocycles. The van der Waals surface area contributed by atoms with Gasteiger partial charge in [-0.25, -0.2) is 9.55 Å². The van der Waals surface area contributed by atoms with E-state index in [0.29, 0.717) is 23.4 Å². The van der Waals surface area contributed by atoms with Crippen molar-refractivity contribution in [3.05, 3.63) is 78.9 Å². The van der Waals surface area contributed by atoms with E-state index in [9.17, 15) is 14.6 Å². The summed E-state index contributed by atoms with van der Waals surface area (Å²) in [5.74, 6) is -0.164. The number of amides is 1. The van der Waals surface area contributed by atoms with Crippen molar-refractivity contribution in [2.24, 2.45) is 0 Å². The van der Waals surface area contributed by atoms with Crippen LogP contribution in [0.5, 0.6) is 0 Å². The van der Waals surface area contributed by atoms with Crippen molar-refractivity contribution in [2.75, 3.05) is 45.8 Å². The Kier molecular flexibility index (Phi) is 10.6. The number of hydrogen-bond donors (Lipinski definition) is 0. The van der Waals surface area contributed by atoms with E-state index in [0.717, 1.165) is 27.6 Å². The Hall–Kier alpha value is -4.17. The third-order valence-electron chi connectivity index (χ3n) is 6.45. The molecule has 0 unspecified atom stereocenters. The number of phosphoric ester groups is 1. The van der Waals surface area contributed by atoms with E-state index in [1.54, 1.807) is 62.3 Å². The van der Waals surface area contributed by atoms with Crippen LogP contribution in [0.2, 0.25) is 0 Å². The number of carbonyl (C=O) groups excluding carboxylic acids is 1. The fourth-order valence-electron chi connectivity index (χ4n) is 4.35. The van der Waals surface area contributed by atoms with Crippen LogP contribution in [0.15, 0.2) is 73.3 Å². The lowest BCUT2D eigenvalue weighted by molar-refractivity contribution is -0.113. The smallest absolute Gasteiger partial charge is 0.310 e. The summed E-state index contributed by atoms with van der Waals surface area (Å²) in [4.78, 5) is 25.3. The van der Waals surface area contributed by atoms with Crippen LogP contribution in [0.25, 0.3) is 33.3 Å². The molecule has 0 atom stereocenters. The average Bonchev–Trinajstić information content (AvgIpc) is 3.38. The van der Waals surface area contributed by atoms with Gasteiger partial charge in [0.15, 0.2) is 0 Å². The Balaban J connectivity index is 1.74. The van der Waals surface area contributed by atoms with Gasteiger partial charge in [-0.1, -0.05) is 18.2 Å². The minimum absolute atomic E-state index is 0.136. The van der Waals surface area contributed by atoms with Crippen LogP contribution in [-0.4, -0.2) is 66.2 Å². The SMILES string of the molecule is CCOP(=O)(OCC)OCn1cc(-c2cccc(C#N)c2)c2cc(-c3cncc(N(C)C(=O)C=CCN(C)C)c3)cnc21. The van der Waals surface area contributed by atoms with E-state index in [4.69, 9.17) is 18.6 Å². The van der Waals surface area contributed by atoms with E-state index >= 15 is 0 Å². The molecule has 0 radical (unpaired) electrons. The van der Waals surface area contributed by atoms with Crippen LogP contribution in [-0.2, 0) is 29.7 Å². The fourth-order valence-corrected chi connectivity index (χ4v) is 5.47. The molecule has 12 heteroatoms. The topological polar surface area (TPSA) is 123 Å². The molecule has 0 saturated heterocycles. The predicted octanol–water partition coefficient (Wildman–Crippen LogP) is 5.87. The number of carbonyl (C=O) groups is 1. The molecule has 1 aromatic carbocycles. The predicted molar refractivity (Wildman–Crippen MR) is 166 cm³/mol. The standard InChI is InChI=1S/C31H35N6O5P/c1-6-40-43(39,41-7-2)42-22-37-21-29(24-11-8-10-23(14-24)17-32)28-16-26(19-34-31(28)37)25-15-27(20-33-18-25)36(5)30(38)12-9-13-35(3)4/h8-12,14-16,18-21H,6-7,13,22H2,1-5H3. The summed E-state index contributed by atoms with van der Waals surface area (Å²) in [6, 6.07) is 13.3. The number of hydrogen-bond acceptors (Lipinski definition) is 9. The molecule has 0 bridgehead atoms. The summed E-state index contributed by atoms with van der Waals surface area (Å²) in [6.07, 6.45) is 10.2. The lowest BCUT2D eigenvalue weighted by Gasteiger charge is -2.17. The molecule has 43 heavy (non-hydrogen) atoms. The number of anilines is 1. The summed E-state index contributed by atoms with van der Waals surface area (Å²) >= 11 is 0. The van der Waals surface area contributed by atoms with Gasteiger partial charge < -0.3 is 14.4 Å². The van der Waals surface area contributed by atoms with Crippen molar-refractivity contribution < 1.29 is 22.9 Å². The van der Waals surface area contributed by atoms with Gasteiger partial charge in [0.2, 0.25) is 5.91 Å². The van der Waals surface area contributed by atoms with E-state index in [-0.39, 0.29) is 25.9 Å². The summed E-state index contributed by atoms with van der Waals surface area (Å²) in [5.41, 5.74) is 4.87. The zero-order valence-electron chi connectivity index (χ0n) is 24.9. The second-order valence-corrected chi connectivity index (χ2v) is 11.5. The molecule has 0 N–H and O–H groups in total. The van der Waals surface area contributed by atoms with Crippen LogP contribution in [0.3, 0.4) is 0 Å². The maximum absolute atomic E-state index is 13.0. The number of likely N-dealkylation sites (N-methyl/N-ethyl adjacent to an activating group) is 2. The van der Waals surface area contributed by atoms with Gasteiger partial charge in [0.05, 0.1) is 36.7 Å². The lowest BCUT2D eigenvalue weighted by Crippen LogP contribution is -2.24. The van der Waals surface area contributed by atoms with Crippen LogP contribution in [0.4, 0.5) is 5.69 Å². The van der Waals surface area contributed by atoms with Crippen molar-refractivity contribution in [1.29, 1.82) is 5.26 Å². The molecule has 3 aromatic heterocycles. The van der Waals surface area contributed by atoms with E-state index in [1.807, 2.05) is 55.5 Å². The maximum atomic E-state index is 13.0. The molecule has 11 nitrogen and oxygen atoms in total. The summed E-state index contributed by atoms with van der Waals surface area (Å²) in [5, 5.41) is 10.3. The first-order valence-corrected chi connectivity index (χ1v) is 15.2. The molecular formula is C31H35N6O5P. The summed E-state index contributed by atoms with van der Waals surface area (Å²) in [7, 11) is 1.80. The zero-order chi connectivity index (χ0) is 31.0. The van der Waals surface area contributed by atoms with Crippen LogP contribution >= 0.6 is 7.82 Å². The molecule has 4 rings (SSSR count). The molecule has 4 aromatic rings. The normalized spacial score (nSPS) is 11.8. The molecule has 0 aliphatic rings. The highest BCUT2D eigenvalue weighted by atomic mass is 31.2. The fraction of sp³-hybridized carbons (Fsp3) is 0.290. The molecule has 0 saturated carbocycles. The van der Waals surface area contributed by atoms with Crippen molar-refractivity contribution in [3.8, 4) is 28.3 Å².